The lowest BCUT2D eigenvalue weighted by atomic mass is 9.74. The molecule has 0 radical (unpaired) electrons. The lowest BCUT2D eigenvalue weighted by Gasteiger charge is -2.40. The van der Waals surface area contributed by atoms with E-state index in [4.69, 9.17) is 0 Å². The van der Waals surface area contributed by atoms with Crippen LogP contribution in [0.3, 0.4) is 0 Å². The van der Waals surface area contributed by atoms with Crippen LogP contribution < -0.4 is 16.0 Å². The number of nitrogens with one attached hydrogen (secondary N) is 3. The molecule has 2 aliphatic rings. The van der Waals surface area contributed by atoms with Gasteiger partial charge in [0.15, 0.2) is 0 Å². The van der Waals surface area contributed by atoms with E-state index in [9.17, 15) is 4.79 Å². The molecular formula is C14H27N3O. The second-order valence-corrected chi connectivity index (χ2v) is 6.91. The minimum Gasteiger partial charge on any atom is -0.335 e. The summed E-state index contributed by atoms with van der Waals surface area (Å²) in [7, 11) is 0. The molecule has 0 bridgehead atoms. The second-order valence-electron chi connectivity index (χ2n) is 6.91. The zero-order valence-electron chi connectivity index (χ0n) is 11.9. The number of carbonyl (C=O) groups is 1. The third-order valence-corrected chi connectivity index (χ3v) is 4.30. The number of hydrogen-bond donors (Lipinski definition) is 3. The average Bonchev–Trinajstić information content (AvgIpc) is 2.60. The molecule has 3 N–H and O–H groups in total. The minimum atomic E-state index is -0.163. The molecule has 2 rings (SSSR count). The van der Waals surface area contributed by atoms with E-state index in [1.165, 1.54) is 25.7 Å². The topological polar surface area (TPSA) is 53.2 Å². The van der Waals surface area contributed by atoms with Crippen LogP contribution >= 0.6 is 0 Å². The first-order valence-electron chi connectivity index (χ1n) is 7.21. The fourth-order valence-corrected chi connectivity index (χ4v) is 3.42. The highest BCUT2D eigenvalue weighted by Crippen LogP contribution is 2.45. The summed E-state index contributed by atoms with van der Waals surface area (Å²) in [6.45, 7) is 8.24. The van der Waals surface area contributed by atoms with Gasteiger partial charge >= 0.3 is 6.03 Å². The highest BCUT2D eigenvalue weighted by atomic mass is 16.2. The van der Waals surface area contributed by atoms with Gasteiger partial charge in [0.05, 0.1) is 0 Å². The third kappa shape index (κ3) is 3.16. The van der Waals surface area contributed by atoms with E-state index < -0.39 is 0 Å². The molecule has 0 aromatic rings. The summed E-state index contributed by atoms with van der Waals surface area (Å²) in [4.78, 5) is 12.0. The molecule has 1 atom stereocenters. The lowest BCUT2D eigenvalue weighted by molar-refractivity contribution is 0.157. The van der Waals surface area contributed by atoms with Gasteiger partial charge in [0.2, 0.25) is 0 Å². The maximum Gasteiger partial charge on any atom is 0.315 e. The molecule has 0 aromatic carbocycles. The Labute approximate surface area is 110 Å². The zero-order valence-corrected chi connectivity index (χ0v) is 11.9. The van der Waals surface area contributed by atoms with Crippen molar-refractivity contribution in [3.8, 4) is 0 Å². The van der Waals surface area contributed by atoms with E-state index in [0.717, 1.165) is 19.5 Å². The normalized spacial score (nSPS) is 27.2. The first kappa shape index (κ1) is 13.7. The predicted molar refractivity (Wildman–Crippen MR) is 73.6 cm³/mol. The van der Waals surface area contributed by atoms with Crippen LogP contribution in [0.5, 0.6) is 0 Å². The molecular weight excluding hydrogens is 226 g/mol. The molecule has 4 heteroatoms. The van der Waals surface area contributed by atoms with Crippen LogP contribution in [0.15, 0.2) is 0 Å². The summed E-state index contributed by atoms with van der Waals surface area (Å²) >= 11 is 0. The minimum absolute atomic E-state index is 0.00712. The van der Waals surface area contributed by atoms with Crippen molar-refractivity contribution in [1.82, 2.24) is 16.0 Å². The van der Waals surface area contributed by atoms with Gasteiger partial charge in [0, 0.05) is 11.6 Å². The van der Waals surface area contributed by atoms with Crippen molar-refractivity contribution in [2.45, 2.75) is 64.5 Å². The summed E-state index contributed by atoms with van der Waals surface area (Å²) in [5.41, 5.74) is 0.199. The van der Waals surface area contributed by atoms with Gasteiger partial charge in [-0.3, -0.25) is 0 Å². The summed E-state index contributed by atoms with van der Waals surface area (Å²) in [6.07, 6.45) is 6.06. The van der Waals surface area contributed by atoms with Crippen LogP contribution in [-0.4, -0.2) is 30.7 Å². The van der Waals surface area contributed by atoms with E-state index in [1.807, 2.05) is 20.8 Å². The van der Waals surface area contributed by atoms with Crippen LogP contribution in [0, 0.1) is 5.41 Å². The number of carbonyl (C=O) groups excluding carboxylic acids is 1. The van der Waals surface area contributed by atoms with E-state index in [2.05, 4.69) is 16.0 Å². The van der Waals surface area contributed by atoms with Crippen molar-refractivity contribution in [3.05, 3.63) is 0 Å². The maximum absolute atomic E-state index is 12.0. The Morgan fingerprint density at radius 1 is 1.22 bits per heavy atom. The Bertz CT molecular complexity index is 303. The van der Waals surface area contributed by atoms with Gasteiger partial charge in [0.1, 0.15) is 0 Å². The molecule has 2 fully saturated rings. The predicted octanol–water partition coefficient (Wildman–Crippen LogP) is 2.01. The van der Waals surface area contributed by atoms with Crippen molar-refractivity contribution in [2.24, 2.45) is 5.41 Å². The fourth-order valence-electron chi connectivity index (χ4n) is 3.42. The molecule has 1 heterocycles. The van der Waals surface area contributed by atoms with Crippen LogP contribution in [-0.2, 0) is 0 Å². The summed E-state index contributed by atoms with van der Waals surface area (Å²) in [6, 6.07) is 0.356. The van der Waals surface area contributed by atoms with Gasteiger partial charge in [-0.25, -0.2) is 4.79 Å². The molecule has 4 nitrogen and oxygen atoms in total. The Morgan fingerprint density at radius 2 is 1.89 bits per heavy atom. The van der Waals surface area contributed by atoms with Crippen molar-refractivity contribution < 1.29 is 4.79 Å². The van der Waals surface area contributed by atoms with Crippen molar-refractivity contribution in [3.63, 3.8) is 0 Å². The molecule has 1 aliphatic carbocycles. The number of piperidine rings is 1. The zero-order chi connectivity index (χ0) is 13.2. The smallest absolute Gasteiger partial charge is 0.315 e. The van der Waals surface area contributed by atoms with E-state index in [-0.39, 0.29) is 11.6 Å². The molecule has 1 saturated heterocycles. The molecule has 2 amide bonds. The molecule has 0 aromatic heterocycles. The number of urea groups is 1. The first-order valence-corrected chi connectivity index (χ1v) is 7.21. The molecule has 104 valence electrons. The Morgan fingerprint density at radius 3 is 2.50 bits per heavy atom. The van der Waals surface area contributed by atoms with Crippen LogP contribution in [0.1, 0.15) is 52.9 Å². The highest BCUT2D eigenvalue weighted by Gasteiger charge is 2.44. The van der Waals surface area contributed by atoms with E-state index >= 15 is 0 Å². The number of amides is 2. The SMILES string of the molecule is CC(C)(C)NC(=O)NC1CCCC12CCNCC2. The van der Waals surface area contributed by atoms with Gasteiger partial charge in [-0.05, 0) is 65.0 Å². The quantitative estimate of drug-likeness (QED) is 0.669. The Kier molecular flexibility index (Phi) is 3.85. The van der Waals surface area contributed by atoms with Gasteiger partial charge in [-0.2, -0.15) is 0 Å². The molecule has 1 unspecified atom stereocenters. The van der Waals surface area contributed by atoms with Gasteiger partial charge in [0.25, 0.3) is 0 Å². The second kappa shape index (κ2) is 5.08. The first-order chi connectivity index (χ1) is 8.41. The Balaban J connectivity index is 1.93. The average molecular weight is 253 g/mol. The molecule has 1 aliphatic heterocycles. The van der Waals surface area contributed by atoms with Gasteiger partial charge in [-0.1, -0.05) is 6.42 Å². The van der Waals surface area contributed by atoms with E-state index in [1.54, 1.807) is 0 Å². The monoisotopic (exact) mass is 253 g/mol. The van der Waals surface area contributed by atoms with Crippen molar-refractivity contribution in [1.29, 1.82) is 0 Å². The Hall–Kier alpha value is -0.770. The van der Waals surface area contributed by atoms with Crippen LogP contribution in [0.4, 0.5) is 4.79 Å². The van der Waals surface area contributed by atoms with E-state index in [0.29, 0.717) is 11.5 Å². The van der Waals surface area contributed by atoms with Gasteiger partial charge < -0.3 is 16.0 Å². The van der Waals surface area contributed by atoms with Crippen molar-refractivity contribution in [2.75, 3.05) is 13.1 Å². The maximum atomic E-state index is 12.0. The summed E-state index contributed by atoms with van der Waals surface area (Å²) in [5, 5.41) is 9.64. The molecule has 1 spiro atoms. The molecule has 18 heavy (non-hydrogen) atoms. The van der Waals surface area contributed by atoms with Crippen LogP contribution in [0.2, 0.25) is 0 Å². The number of hydrogen-bond acceptors (Lipinski definition) is 2. The lowest BCUT2D eigenvalue weighted by Crippen LogP contribution is -2.54. The number of rotatable bonds is 1. The summed E-state index contributed by atoms with van der Waals surface area (Å²) in [5.74, 6) is 0. The van der Waals surface area contributed by atoms with Crippen LogP contribution in [0.25, 0.3) is 0 Å². The summed E-state index contributed by atoms with van der Waals surface area (Å²) < 4.78 is 0. The van der Waals surface area contributed by atoms with Crippen molar-refractivity contribution >= 4 is 6.03 Å². The molecule has 1 saturated carbocycles. The van der Waals surface area contributed by atoms with Gasteiger partial charge in [-0.15, -0.1) is 0 Å². The highest BCUT2D eigenvalue weighted by molar-refractivity contribution is 5.75. The third-order valence-electron chi connectivity index (χ3n) is 4.30. The standard InChI is InChI=1S/C14H27N3O/c1-13(2,3)17-12(18)16-11-5-4-6-14(11)7-9-15-10-8-14/h11,15H,4-10H2,1-3H3,(H2,16,17,18). The largest absolute Gasteiger partial charge is 0.335 e. The fraction of sp³-hybridized carbons (Fsp3) is 0.929.